The number of halogens is 2. The van der Waals surface area contributed by atoms with Crippen molar-refractivity contribution in [2.75, 3.05) is 23.8 Å². The number of rotatable bonds is 4. The van der Waals surface area contributed by atoms with Gasteiger partial charge in [0.25, 0.3) is 0 Å². The molecule has 2 aromatic rings. The molecule has 0 amide bonds. The fraction of sp³-hybridized carbons (Fsp3) is 0.231. The van der Waals surface area contributed by atoms with Gasteiger partial charge < -0.3 is 10.2 Å². The molecule has 6 heteroatoms. The van der Waals surface area contributed by atoms with E-state index < -0.39 is 0 Å². The lowest BCUT2D eigenvalue weighted by molar-refractivity contribution is 0.628. The molecule has 0 aliphatic rings. The summed E-state index contributed by atoms with van der Waals surface area (Å²) in [5.41, 5.74) is 0.826. The number of anilines is 3. The third kappa shape index (κ3) is 2.93. The first-order valence-electron chi connectivity index (χ1n) is 5.89. The Morgan fingerprint density at radius 2 is 2.00 bits per heavy atom. The molecule has 0 radical (unpaired) electrons. The summed E-state index contributed by atoms with van der Waals surface area (Å²) in [6.07, 6.45) is 1.54. The largest absolute Gasteiger partial charge is 0.357 e. The van der Waals surface area contributed by atoms with Gasteiger partial charge in [0, 0.05) is 19.3 Å². The molecule has 0 spiro atoms. The highest BCUT2D eigenvalue weighted by Gasteiger charge is 2.14. The maximum absolute atomic E-state index is 13.0. The van der Waals surface area contributed by atoms with Crippen LogP contribution in [0.15, 0.2) is 30.5 Å². The van der Waals surface area contributed by atoms with E-state index in [4.69, 9.17) is 11.6 Å². The Morgan fingerprint density at radius 3 is 2.58 bits per heavy atom. The van der Waals surface area contributed by atoms with Gasteiger partial charge in [-0.2, -0.15) is 4.98 Å². The summed E-state index contributed by atoms with van der Waals surface area (Å²) in [6, 6.07) is 6.20. The van der Waals surface area contributed by atoms with E-state index in [9.17, 15) is 4.39 Å². The van der Waals surface area contributed by atoms with Gasteiger partial charge in [-0.1, -0.05) is 11.6 Å². The van der Waals surface area contributed by atoms with Crippen LogP contribution < -0.4 is 10.2 Å². The van der Waals surface area contributed by atoms with Crippen molar-refractivity contribution < 1.29 is 4.39 Å². The maximum Gasteiger partial charge on any atom is 0.224 e. The lowest BCUT2D eigenvalue weighted by atomic mass is 10.2. The van der Waals surface area contributed by atoms with Crippen LogP contribution in [0, 0.1) is 5.82 Å². The van der Waals surface area contributed by atoms with E-state index in [1.165, 1.54) is 12.1 Å². The van der Waals surface area contributed by atoms with Crippen molar-refractivity contribution in [1.29, 1.82) is 0 Å². The summed E-state index contributed by atoms with van der Waals surface area (Å²) in [7, 11) is 1.74. The molecule has 0 saturated carbocycles. The number of hydrogen-bond acceptors (Lipinski definition) is 4. The molecule has 0 saturated heterocycles. The molecular weight excluding hydrogens is 267 g/mol. The summed E-state index contributed by atoms with van der Waals surface area (Å²) in [6.45, 7) is 2.63. The predicted molar refractivity (Wildman–Crippen MR) is 75.7 cm³/mol. The second-order valence-corrected chi connectivity index (χ2v) is 4.24. The normalized spacial score (nSPS) is 10.3. The van der Waals surface area contributed by atoms with Crippen LogP contribution in [-0.2, 0) is 0 Å². The van der Waals surface area contributed by atoms with E-state index in [1.807, 2.05) is 11.8 Å². The molecule has 2 rings (SSSR count). The molecule has 1 aromatic carbocycles. The minimum Gasteiger partial charge on any atom is -0.357 e. The maximum atomic E-state index is 13.0. The van der Waals surface area contributed by atoms with Crippen molar-refractivity contribution in [1.82, 2.24) is 9.97 Å². The number of nitrogens with zero attached hydrogens (tertiary/aromatic N) is 3. The highest BCUT2D eigenvalue weighted by Crippen LogP contribution is 2.30. The Hall–Kier alpha value is -1.88. The Balaban J connectivity index is 2.44. The molecule has 0 bridgehead atoms. The van der Waals surface area contributed by atoms with Gasteiger partial charge in [-0.25, -0.2) is 9.37 Å². The van der Waals surface area contributed by atoms with Gasteiger partial charge in [0.05, 0.1) is 6.20 Å². The fourth-order valence-electron chi connectivity index (χ4n) is 1.74. The van der Waals surface area contributed by atoms with Gasteiger partial charge in [-0.3, -0.25) is 0 Å². The zero-order valence-electron chi connectivity index (χ0n) is 10.7. The lowest BCUT2D eigenvalue weighted by Crippen LogP contribution is -2.18. The molecule has 4 nitrogen and oxygen atoms in total. The second kappa shape index (κ2) is 5.84. The van der Waals surface area contributed by atoms with Crippen molar-refractivity contribution in [3.63, 3.8) is 0 Å². The first kappa shape index (κ1) is 13.5. The Labute approximate surface area is 116 Å². The van der Waals surface area contributed by atoms with Crippen molar-refractivity contribution in [2.24, 2.45) is 0 Å². The number of benzene rings is 1. The van der Waals surface area contributed by atoms with E-state index in [0.717, 1.165) is 5.69 Å². The van der Waals surface area contributed by atoms with Gasteiger partial charge in [0.1, 0.15) is 10.8 Å². The molecule has 0 fully saturated rings. The quantitative estimate of drug-likeness (QED) is 0.931. The summed E-state index contributed by atoms with van der Waals surface area (Å²) in [5, 5.41) is 3.32. The van der Waals surface area contributed by atoms with Crippen molar-refractivity contribution >= 4 is 29.1 Å². The first-order valence-corrected chi connectivity index (χ1v) is 6.27. The van der Waals surface area contributed by atoms with Gasteiger partial charge in [0.2, 0.25) is 5.95 Å². The predicted octanol–water partition coefficient (Wildman–Crippen LogP) is 3.47. The highest BCUT2D eigenvalue weighted by molar-refractivity contribution is 6.33. The van der Waals surface area contributed by atoms with Crippen LogP contribution in [0.5, 0.6) is 0 Å². The number of hydrogen-bond donors (Lipinski definition) is 1. The van der Waals surface area contributed by atoms with Crippen molar-refractivity contribution in [3.8, 4) is 0 Å². The highest BCUT2D eigenvalue weighted by atomic mass is 35.5. The van der Waals surface area contributed by atoms with Crippen LogP contribution in [0.25, 0.3) is 0 Å². The van der Waals surface area contributed by atoms with Gasteiger partial charge >= 0.3 is 0 Å². The van der Waals surface area contributed by atoms with Crippen LogP contribution in [0.1, 0.15) is 6.92 Å². The minimum absolute atomic E-state index is 0.274. The topological polar surface area (TPSA) is 41.1 Å². The minimum atomic E-state index is -0.274. The lowest BCUT2D eigenvalue weighted by Gasteiger charge is -2.23. The summed E-state index contributed by atoms with van der Waals surface area (Å²) in [5.74, 6) is 0.805. The number of aromatic nitrogens is 2. The standard InChI is InChI=1S/C13H14ClFN4/c1-3-19(10-6-4-9(15)5-7-10)12-11(14)8-17-13(16-2)18-12/h4-8H,3H2,1-2H3,(H,16,17,18). The Morgan fingerprint density at radius 1 is 1.32 bits per heavy atom. The molecule has 0 aliphatic heterocycles. The van der Waals surface area contributed by atoms with Crippen LogP contribution >= 0.6 is 11.6 Å². The van der Waals surface area contributed by atoms with Gasteiger partial charge in [-0.05, 0) is 31.2 Å². The molecule has 1 N–H and O–H groups in total. The van der Waals surface area contributed by atoms with Crippen molar-refractivity contribution in [3.05, 3.63) is 41.3 Å². The Bertz CT molecular complexity index is 559. The molecule has 0 unspecified atom stereocenters. The molecule has 19 heavy (non-hydrogen) atoms. The third-order valence-corrected chi connectivity index (χ3v) is 2.93. The fourth-order valence-corrected chi connectivity index (χ4v) is 1.94. The summed E-state index contributed by atoms with van der Waals surface area (Å²) in [4.78, 5) is 10.3. The molecule has 1 aromatic heterocycles. The van der Waals surface area contributed by atoms with Gasteiger partial charge in [0.15, 0.2) is 5.82 Å². The van der Waals surface area contributed by atoms with Crippen LogP contribution in [0.3, 0.4) is 0 Å². The summed E-state index contributed by atoms with van der Waals surface area (Å²) < 4.78 is 13.0. The zero-order chi connectivity index (χ0) is 13.8. The van der Waals surface area contributed by atoms with E-state index in [-0.39, 0.29) is 5.82 Å². The van der Waals surface area contributed by atoms with Gasteiger partial charge in [-0.15, -0.1) is 0 Å². The third-order valence-electron chi connectivity index (χ3n) is 2.66. The molecule has 0 atom stereocenters. The number of nitrogens with one attached hydrogen (secondary N) is 1. The SMILES string of the molecule is CCN(c1ccc(F)cc1)c1nc(NC)ncc1Cl. The van der Waals surface area contributed by atoms with E-state index >= 15 is 0 Å². The van der Waals surface area contributed by atoms with Crippen LogP contribution in [-0.4, -0.2) is 23.6 Å². The zero-order valence-corrected chi connectivity index (χ0v) is 11.4. The van der Waals surface area contributed by atoms with E-state index in [1.54, 1.807) is 25.4 Å². The molecular formula is C13H14ClFN4. The Kier molecular flexibility index (Phi) is 4.16. The molecule has 0 aliphatic carbocycles. The monoisotopic (exact) mass is 280 g/mol. The van der Waals surface area contributed by atoms with Crippen molar-refractivity contribution in [2.45, 2.75) is 6.92 Å². The molecule has 1 heterocycles. The smallest absolute Gasteiger partial charge is 0.224 e. The average Bonchev–Trinajstić information content (AvgIpc) is 2.43. The van der Waals surface area contributed by atoms with Crippen LogP contribution in [0.4, 0.5) is 21.8 Å². The molecule has 100 valence electrons. The first-order chi connectivity index (χ1) is 9.15. The van der Waals surface area contributed by atoms with Crippen LogP contribution in [0.2, 0.25) is 5.02 Å². The van der Waals surface area contributed by atoms with E-state index in [2.05, 4.69) is 15.3 Å². The second-order valence-electron chi connectivity index (χ2n) is 3.84. The van der Waals surface area contributed by atoms with E-state index in [0.29, 0.717) is 23.3 Å². The average molecular weight is 281 g/mol. The summed E-state index contributed by atoms with van der Waals surface area (Å²) >= 11 is 6.14.